The van der Waals surface area contributed by atoms with Crippen molar-refractivity contribution in [3.63, 3.8) is 0 Å². The van der Waals surface area contributed by atoms with Gasteiger partial charge in [0.1, 0.15) is 5.82 Å². The first-order valence-electron chi connectivity index (χ1n) is 11.2. The van der Waals surface area contributed by atoms with Gasteiger partial charge in [0.15, 0.2) is 0 Å². The van der Waals surface area contributed by atoms with E-state index in [-0.39, 0.29) is 12.4 Å². The van der Waals surface area contributed by atoms with Crippen LogP contribution in [-0.2, 0) is 0 Å². The zero-order chi connectivity index (χ0) is 22.4. The summed E-state index contributed by atoms with van der Waals surface area (Å²) in [5.41, 5.74) is 10.6. The van der Waals surface area contributed by atoms with Crippen LogP contribution in [-0.4, -0.2) is 45.5 Å². The smallest absolute Gasteiger partial charge is 0.225 e. The van der Waals surface area contributed by atoms with Gasteiger partial charge in [-0.3, -0.25) is 4.98 Å². The highest BCUT2D eigenvalue weighted by molar-refractivity contribution is 5.93. The van der Waals surface area contributed by atoms with Gasteiger partial charge in [-0.15, -0.1) is 12.4 Å². The lowest BCUT2D eigenvalue weighted by Crippen LogP contribution is -2.26. The molecule has 0 fully saturated rings. The molecule has 3 rings (SSSR count). The normalized spacial score (nSPS) is 11.9. The lowest BCUT2D eigenvalue weighted by Gasteiger charge is -2.20. The summed E-state index contributed by atoms with van der Waals surface area (Å²) in [7, 11) is 0. The van der Waals surface area contributed by atoms with Gasteiger partial charge in [0.05, 0.1) is 5.52 Å². The van der Waals surface area contributed by atoms with Gasteiger partial charge in [-0.05, 0) is 77.5 Å². The number of nitrogen functional groups attached to an aromatic ring is 1. The van der Waals surface area contributed by atoms with E-state index in [1.807, 2.05) is 44.2 Å². The van der Waals surface area contributed by atoms with Crippen LogP contribution in [0.2, 0.25) is 0 Å². The van der Waals surface area contributed by atoms with Crippen LogP contribution in [0, 0.1) is 13.8 Å². The Labute approximate surface area is 197 Å². The van der Waals surface area contributed by atoms with Gasteiger partial charge in [0.25, 0.3) is 0 Å². The molecule has 1 aromatic carbocycles. The molecular formula is C24H36ClN7. The van der Waals surface area contributed by atoms with Crippen LogP contribution < -0.4 is 16.4 Å². The number of benzene rings is 1. The van der Waals surface area contributed by atoms with Crippen LogP contribution in [0.15, 0.2) is 30.3 Å². The number of halogens is 1. The highest BCUT2D eigenvalue weighted by atomic mass is 35.5. The SMILES string of the molecule is CCN(CC)CCC[C@@H](C)Nc1nc(C)cc(Nc2ccc3nc(C)cc(N)c3c2)n1.Cl. The second-order valence-electron chi connectivity index (χ2n) is 8.14. The van der Waals surface area contributed by atoms with Crippen molar-refractivity contribution in [3.8, 4) is 0 Å². The minimum absolute atomic E-state index is 0. The van der Waals surface area contributed by atoms with E-state index >= 15 is 0 Å². The molecule has 174 valence electrons. The molecule has 0 saturated heterocycles. The summed E-state index contributed by atoms with van der Waals surface area (Å²) in [6, 6.07) is 10.1. The van der Waals surface area contributed by atoms with Gasteiger partial charge in [0.2, 0.25) is 5.95 Å². The van der Waals surface area contributed by atoms with E-state index in [9.17, 15) is 0 Å². The van der Waals surface area contributed by atoms with E-state index < -0.39 is 0 Å². The monoisotopic (exact) mass is 457 g/mol. The Morgan fingerprint density at radius 3 is 2.44 bits per heavy atom. The fraction of sp³-hybridized carbons (Fsp3) is 0.458. The molecule has 4 N–H and O–H groups in total. The van der Waals surface area contributed by atoms with Gasteiger partial charge in [-0.2, -0.15) is 4.98 Å². The number of anilines is 4. The fourth-order valence-electron chi connectivity index (χ4n) is 3.77. The van der Waals surface area contributed by atoms with Crippen molar-refractivity contribution in [2.45, 2.75) is 53.5 Å². The Kier molecular flexibility index (Phi) is 9.47. The molecule has 0 radical (unpaired) electrons. The molecule has 2 aromatic heterocycles. The molecule has 1 atom stereocenters. The van der Waals surface area contributed by atoms with E-state index in [2.05, 4.69) is 51.3 Å². The van der Waals surface area contributed by atoms with E-state index in [0.717, 1.165) is 72.0 Å². The fourth-order valence-corrected chi connectivity index (χ4v) is 3.77. The predicted molar refractivity (Wildman–Crippen MR) is 138 cm³/mol. The zero-order valence-electron chi connectivity index (χ0n) is 19.8. The molecule has 8 heteroatoms. The highest BCUT2D eigenvalue weighted by Crippen LogP contribution is 2.26. The lowest BCUT2D eigenvalue weighted by atomic mass is 10.1. The van der Waals surface area contributed by atoms with Crippen molar-refractivity contribution < 1.29 is 0 Å². The topological polar surface area (TPSA) is 92.0 Å². The highest BCUT2D eigenvalue weighted by Gasteiger charge is 2.09. The summed E-state index contributed by atoms with van der Waals surface area (Å²) in [5, 5.41) is 7.77. The number of aromatic nitrogens is 3. The van der Waals surface area contributed by atoms with Crippen molar-refractivity contribution in [2.75, 3.05) is 36.0 Å². The summed E-state index contributed by atoms with van der Waals surface area (Å²) >= 11 is 0. The van der Waals surface area contributed by atoms with Crippen LogP contribution >= 0.6 is 12.4 Å². The van der Waals surface area contributed by atoms with E-state index in [1.165, 1.54) is 0 Å². The molecule has 2 heterocycles. The number of aryl methyl sites for hydroxylation is 2. The molecule has 0 spiro atoms. The third-order valence-corrected chi connectivity index (χ3v) is 5.48. The molecule has 0 aliphatic rings. The second kappa shape index (κ2) is 11.8. The van der Waals surface area contributed by atoms with Crippen molar-refractivity contribution in [3.05, 3.63) is 41.7 Å². The van der Waals surface area contributed by atoms with E-state index in [1.54, 1.807) is 0 Å². The van der Waals surface area contributed by atoms with E-state index in [0.29, 0.717) is 12.0 Å². The van der Waals surface area contributed by atoms with Gasteiger partial charge < -0.3 is 21.3 Å². The Morgan fingerprint density at radius 1 is 1.00 bits per heavy atom. The predicted octanol–water partition coefficient (Wildman–Crippen LogP) is 5.31. The van der Waals surface area contributed by atoms with Gasteiger partial charge in [-0.25, -0.2) is 4.98 Å². The number of nitrogens with one attached hydrogen (secondary N) is 2. The lowest BCUT2D eigenvalue weighted by molar-refractivity contribution is 0.295. The summed E-state index contributed by atoms with van der Waals surface area (Å²) in [5.74, 6) is 1.40. The number of hydrogen-bond acceptors (Lipinski definition) is 7. The standard InChI is InChI=1S/C24H35N7.ClH/c1-6-31(7-2)12-8-9-16(3)27-24-28-18(5)14-23(30-24)29-19-10-11-22-20(15-19)21(25)13-17(4)26-22;/h10-11,13-16H,6-9,12H2,1-5H3,(H2,25,26)(H2,27,28,29,30);1H/t16-;/m1./s1. The number of fused-ring (bicyclic) bond motifs is 1. The van der Waals surface area contributed by atoms with Crippen molar-refractivity contribution >= 4 is 46.5 Å². The molecule has 7 nitrogen and oxygen atoms in total. The minimum atomic E-state index is 0. The quantitative estimate of drug-likeness (QED) is 0.379. The van der Waals surface area contributed by atoms with Crippen LogP contribution in [0.4, 0.5) is 23.1 Å². The first-order chi connectivity index (χ1) is 14.9. The third-order valence-electron chi connectivity index (χ3n) is 5.48. The number of nitrogens with zero attached hydrogens (tertiary/aromatic N) is 4. The molecule has 0 aliphatic carbocycles. The Balaban J connectivity index is 0.00000363. The van der Waals surface area contributed by atoms with Gasteiger partial charge >= 0.3 is 0 Å². The van der Waals surface area contributed by atoms with Crippen LogP contribution in [0.5, 0.6) is 0 Å². The molecule has 32 heavy (non-hydrogen) atoms. The maximum atomic E-state index is 6.19. The van der Waals surface area contributed by atoms with E-state index in [4.69, 9.17) is 5.73 Å². The van der Waals surface area contributed by atoms with Crippen LogP contribution in [0.1, 0.15) is 45.0 Å². The number of nitrogens with two attached hydrogens (primary N) is 1. The molecule has 0 saturated carbocycles. The van der Waals surface area contributed by atoms with Crippen LogP contribution in [0.3, 0.4) is 0 Å². The summed E-state index contributed by atoms with van der Waals surface area (Å²) < 4.78 is 0. The molecule has 0 unspecified atom stereocenters. The van der Waals surface area contributed by atoms with Crippen molar-refractivity contribution in [1.29, 1.82) is 0 Å². The third kappa shape index (κ3) is 6.93. The van der Waals surface area contributed by atoms with Crippen molar-refractivity contribution in [2.24, 2.45) is 0 Å². The maximum absolute atomic E-state index is 6.19. The van der Waals surface area contributed by atoms with Gasteiger partial charge in [0, 0.05) is 40.3 Å². The first-order valence-corrected chi connectivity index (χ1v) is 11.2. The Morgan fingerprint density at radius 2 is 1.72 bits per heavy atom. The number of hydrogen-bond donors (Lipinski definition) is 3. The second-order valence-corrected chi connectivity index (χ2v) is 8.14. The molecular weight excluding hydrogens is 422 g/mol. The Bertz CT molecular complexity index is 1020. The summed E-state index contributed by atoms with van der Waals surface area (Å²) in [6.45, 7) is 13.9. The molecule has 3 aromatic rings. The summed E-state index contributed by atoms with van der Waals surface area (Å²) in [6.07, 6.45) is 2.23. The number of pyridine rings is 1. The number of rotatable bonds is 10. The maximum Gasteiger partial charge on any atom is 0.225 e. The van der Waals surface area contributed by atoms with Crippen LogP contribution in [0.25, 0.3) is 10.9 Å². The molecule has 0 aliphatic heterocycles. The first kappa shape index (κ1) is 25.6. The molecule has 0 bridgehead atoms. The zero-order valence-corrected chi connectivity index (χ0v) is 20.6. The average Bonchev–Trinajstić information content (AvgIpc) is 2.71. The largest absolute Gasteiger partial charge is 0.398 e. The summed E-state index contributed by atoms with van der Waals surface area (Å²) in [4.78, 5) is 16.2. The molecule has 0 amide bonds. The van der Waals surface area contributed by atoms with Gasteiger partial charge in [-0.1, -0.05) is 13.8 Å². The van der Waals surface area contributed by atoms with Crippen molar-refractivity contribution in [1.82, 2.24) is 19.9 Å². The average molecular weight is 458 g/mol. The Hall–Kier alpha value is -2.64. The minimum Gasteiger partial charge on any atom is -0.398 e.